The van der Waals surface area contributed by atoms with E-state index in [-0.39, 0.29) is 23.1 Å². The topological polar surface area (TPSA) is 63.2 Å². The Labute approximate surface area is 114 Å². The number of nitrogens with one attached hydrogen (secondary N) is 1. The van der Waals surface area contributed by atoms with Gasteiger partial charge < -0.3 is 0 Å². The largest absolute Gasteiger partial charge is 0.294 e. The van der Waals surface area contributed by atoms with Crippen molar-refractivity contribution in [2.45, 2.75) is 25.7 Å². The molecule has 5 heteroatoms. The Morgan fingerprint density at radius 3 is 2.58 bits per heavy atom. The smallest absolute Gasteiger partial charge is 0.241 e. The number of ketones is 1. The van der Waals surface area contributed by atoms with Crippen LogP contribution in [0.15, 0.2) is 35.7 Å². The van der Waals surface area contributed by atoms with E-state index in [0.29, 0.717) is 11.1 Å². The Balaban J connectivity index is 3.25. The van der Waals surface area contributed by atoms with Crippen LogP contribution < -0.4 is 4.72 Å². The Kier molecular flexibility index (Phi) is 5.03. The Bertz CT molecular complexity index is 589. The van der Waals surface area contributed by atoms with E-state index in [9.17, 15) is 13.2 Å². The standard InChI is InChI=1S/C14H19NO3S/c1-5-8-15-19(17,18)13-9-12(7-6-11(13)4)14(16)10(2)3/h5-7,9-10,15H,1,8H2,2-4H3. The van der Waals surface area contributed by atoms with Crippen LogP contribution in [-0.2, 0) is 10.0 Å². The number of Topliss-reactive ketones (excluding diaryl/α,β-unsaturated/α-hetero) is 1. The van der Waals surface area contributed by atoms with Gasteiger partial charge in [0.1, 0.15) is 0 Å². The van der Waals surface area contributed by atoms with Gasteiger partial charge in [-0.2, -0.15) is 0 Å². The fourth-order valence-electron chi connectivity index (χ4n) is 1.62. The summed E-state index contributed by atoms with van der Waals surface area (Å²) in [7, 11) is -3.61. The molecule has 0 amide bonds. The minimum atomic E-state index is -3.61. The second-order valence-corrected chi connectivity index (χ2v) is 6.38. The molecule has 0 aromatic heterocycles. The van der Waals surface area contributed by atoms with Crippen molar-refractivity contribution in [1.29, 1.82) is 0 Å². The monoisotopic (exact) mass is 281 g/mol. The van der Waals surface area contributed by atoms with Gasteiger partial charge in [-0.15, -0.1) is 6.58 Å². The number of rotatable bonds is 6. The summed E-state index contributed by atoms with van der Waals surface area (Å²) in [4.78, 5) is 12.1. The number of sulfonamides is 1. The van der Waals surface area contributed by atoms with Crippen LogP contribution in [-0.4, -0.2) is 20.7 Å². The van der Waals surface area contributed by atoms with Gasteiger partial charge in [0.2, 0.25) is 10.0 Å². The number of hydrogen-bond donors (Lipinski definition) is 1. The first kappa shape index (κ1) is 15.6. The predicted octanol–water partition coefficient (Wildman–Crippen LogP) is 2.30. The minimum Gasteiger partial charge on any atom is -0.294 e. The van der Waals surface area contributed by atoms with E-state index in [1.165, 1.54) is 12.1 Å². The molecule has 0 radical (unpaired) electrons. The van der Waals surface area contributed by atoms with E-state index in [1.54, 1.807) is 32.9 Å². The molecule has 0 unspecified atom stereocenters. The molecule has 0 bridgehead atoms. The molecule has 1 rings (SSSR count). The van der Waals surface area contributed by atoms with Gasteiger partial charge in [-0.3, -0.25) is 4.79 Å². The zero-order valence-electron chi connectivity index (χ0n) is 11.4. The summed E-state index contributed by atoms with van der Waals surface area (Å²) >= 11 is 0. The maximum atomic E-state index is 12.1. The van der Waals surface area contributed by atoms with Crippen molar-refractivity contribution < 1.29 is 13.2 Å². The molecule has 0 fully saturated rings. The molecule has 0 heterocycles. The van der Waals surface area contributed by atoms with Gasteiger partial charge >= 0.3 is 0 Å². The Hall–Kier alpha value is -1.46. The van der Waals surface area contributed by atoms with Crippen molar-refractivity contribution in [2.24, 2.45) is 5.92 Å². The number of aryl methyl sites for hydroxylation is 1. The van der Waals surface area contributed by atoms with Gasteiger partial charge in [0.05, 0.1) is 4.90 Å². The Morgan fingerprint density at radius 1 is 1.42 bits per heavy atom. The SMILES string of the molecule is C=CCNS(=O)(=O)c1cc(C(=O)C(C)C)ccc1C. The fraction of sp³-hybridized carbons (Fsp3) is 0.357. The molecule has 0 saturated heterocycles. The highest BCUT2D eigenvalue weighted by atomic mass is 32.2. The van der Waals surface area contributed by atoms with Crippen molar-refractivity contribution in [3.8, 4) is 0 Å². The third-order valence-electron chi connectivity index (χ3n) is 2.70. The molecular formula is C14H19NO3S. The zero-order valence-corrected chi connectivity index (χ0v) is 12.3. The Morgan fingerprint density at radius 2 is 2.05 bits per heavy atom. The third kappa shape index (κ3) is 3.75. The first-order valence-corrected chi connectivity index (χ1v) is 7.53. The summed E-state index contributed by atoms with van der Waals surface area (Å²) < 4.78 is 26.6. The summed E-state index contributed by atoms with van der Waals surface area (Å²) in [5, 5.41) is 0. The van der Waals surface area contributed by atoms with Crippen LogP contribution in [0.5, 0.6) is 0 Å². The minimum absolute atomic E-state index is 0.0693. The second kappa shape index (κ2) is 6.12. The molecule has 4 nitrogen and oxygen atoms in total. The molecule has 0 aliphatic heterocycles. The summed E-state index contributed by atoms with van der Waals surface area (Å²) in [6.07, 6.45) is 1.47. The molecule has 0 atom stereocenters. The van der Waals surface area contributed by atoms with Crippen LogP contribution in [0, 0.1) is 12.8 Å². The van der Waals surface area contributed by atoms with E-state index in [1.807, 2.05) is 0 Å². The zero-order chi connectivity index (χ0) is 14.6. The molecule has 0 aliphatic carbocycles. The highest BCUT2D eigenvalue weighted by molar-refractivity contribution is 7.89. The maximum absolute atomic E-state index is 12.1. The summed E-state index contributed by atoms with van der Waals surface area (Å²) in [6.45, 7) is 8.89. The van der Waals surface area contributed by atoms with Gasteiger partial charge in [0.15, 0.2) is 5.78 Å². The van der Waals surface area contributed by atoms with Crippen LogP contribution in [0.25, 0.3) is 0 Å². The lowest BCUT2D eigenvalue weighted by molar-refractivity contribution is 0.0939. The molecule has 0 aliphatic rings. The van der Waals surface area contributed by atoms with E-state index in [2.05, 4.69) is 11.3 Å². The van der Waals surface area contributed by atoms with Crippen LogP contribution in [0.1, 0.15) is 29.8 Å². The predicted molar refractivity (Wildman–Crippen MR) is 75.7 cm³/mol. The lowest BCUT2D eigenvalue weighted by Crippen LogP contribution is -2.24. The number of hydrogen-bond acceptors (Lipinski definition) is 3. The van der Waals surface area contributed by atoms with Gasteiger partial charge in [-0.05, 0) is 18.6 Å². The average Bonchev–Trinajstić information content (AvgIpc) is 2.35. The van der Waals surface area contributed by atoms with Crippen LogP contribution in [0.4, 0.5) is 0 Å². The highest BCUT2D eigenvalue weighted by Crippen LogP contribution is 2.19. The molecule has 1 aromatic rings. The van der Waals surface area contributed by atoms with Gasteiger partial charge in [-0.25, -0.2) is 13.1 Å². The molecule has 1 aromatic carbocycles. The quantitative estimate of drug-likeness (QED) is 0.643. The van der Waals surface area contributed by atoms with Crippen molar-refractivity contribution in [3.05, 3.63) is 42.0 Å². The van der Waals surface area contributed by atoms with Gasteiger partial charge in [-0.1, -0.05) is 32.1 Å². The van der Waals surface area contributed by atoms with Crippen molar-refractivity contribution in [2.75, 3.05) is 6.54 Å². The molecule has 19 heavy (non-hydrogen) atoms. The molecule has 0 spiro atoms. The lowest BCUT2D eigenvalue weighted by Gasteiger charge is -2.11. The summed E-state index contributed by atoms with van der Waals surface area (Å²) in [6, 6.07) is 4.74. The average molecular weight is 281 g/mol. The second-order valence-electron chi connectivity index (χ2n) is 4.64. The normalized spacial score (nSPS) is 11.6. The van der Waals surface area contributed by atoms with Crippen molar-refractivity contribution in [1.82, 2.24) is 4.72 Å². The van der Waals surface area contributed by atoms with Crippen molar-refractivity contribution >= 4 is 15.8 Å². The summed E-state index contributed by atoms with van der Waals surface area (Å²) in [5.74, 6) is -0.237. The van der Waals surface area contributed by atoms with E-state index in [4.69, 9.17) is 0 Å². The lowest BCUT2D eigenvalue weighted by atomic mass is 10.0. The van der Waals surface area contributed by atoms with Crippen LogP contribution in [0.2, 0.25) is 0 Å². The highest BCUT2D eigenvalue weighted by Gasteiger charge is 2.19. The van der Waals surface area contributed by atoms with Crippen LogP contribution >= 0.6 is 0 Å². The van der Waals surface area contributed by atoms with Crippen LogP contribution in [0.3, 0.4) is 0 Å². The van der Waals surface area contributed by atoms with Crippen molar-refractivity contribution in [3.63, 3.8) is 0 Å². The summed E-state index contributed by atoms with van der Waals surface area (Å²) in [5.41, 5.74) is 1.02. The number of benzene rings is 1. The molecule has 104 valence electrons. The maximum Gasteiger partial charge on any atom is 0.241 e. The first-order valence-electron chi connectivity index (χ1n) is 6.05. The van der Waals surface area contributed by atoms with E-state index >= 15 is 0 Å². The molecular weight excluding hydrogens is 262 g/mol. The third-order valence-corrected chi connectivity index (χ3v) is 4.27. The first-order chi connectivity index (χ1) is 8.79. The van der Waals surface area contributed by atoms with Gasteiger partial charge in [0.25, 0.3) is 0 Å². The number of carbonyl (C=O) groups is 1. The van der Waals surface area contributed by atoms with E-state index in [0.717, 1.165) is 0 Å². The molecule has 1 N–H and O–H groups in total. The number of carbonyl (C=O) groups excluding carboxylic acids is 1. The fourth-order valence-corrected chi connectivity index (χ4v) is 2.89. The molecule has 0 saturated carbocycles. The van der Waals surface area contributed by atoms with Gasteiger partial charge in [0, 0.05) is 18.0 Å². The van der Waals surface area contributed by atoms with E-state index < -0.39 is 10.0 Å².